The standard InChI is InChI=1S/C16H16Br3N/c1-9-4-5-11(14(18)6-9)16(20-3)12-8-13(17)10(2)7-15(12)19/h4-8,16,20H,1-3H3. The first kappa shape index (κ1) is 16.2. The molecule has 4 heteroatoms. The molecule has 0 aliphatic heterocycles. The van der Waals surface area contributed by atoms with Gasteiger partial charge in [-0.25, -0.2) is 0 Å². The first-order valence-electron chi connectivity index (χ1n) is 6.33. The van der Waals surface area contributed by atoms with Gasteiger partial charge in [-0.15, -0.1) is 0 Å². The lowest BCUT2D eigenvalue weighted by molar-refractivity contribution is 0.685. The Morgan fingerprint density at radius 1 is 0.850 bits per heavy atom. The van der Waals surface area contributed by atoms with Gasteiger partial charge in [-0.1, -0.05) is 59.9 Å². The lowest BCUT2D eigenvalue weighted by atomic mass is 9.97. The fraction of sp³-hybridized carbons (Fsp3) is 0.250. The van der Waals surface area contributed by atoms with Crippen LogP contribution in [0.2, 0.25) is 0 Å². The van der Waals surface area contributed by atoms with Crippen LogP contribution in [-0.4, -0.2) is 7.05 Å². The molecule has 2 aromatic carbocycles. The molecule has 0 saturated carbocycles. The van der Waals surface area contributed by atoms with Gasteiger partial charge in [-0.05, 0) is 61.3 Å². The van der Waals surface area contributed by atoms with E-state index in [2.05, 4.69) is 97.3 Å². The molecule has 0 aliphatic carbocycles. The molecule has 0 bridgehead atoms. The summed E-state index contributed by atoms with van der Waals surface area (Å²) in [4.78, 5) is 0. The third kappa shape index (κ3) is 3.35. The number of halogens is 3. The summed E-state index contributed by atoms with van der Waals surface area (Å²) in [6, 6.07) is 10.9. The molecule has 1 atom stereocenters. The SMILES string of the molecule is CNC(c1ccc(C)cc1Br)c1cc(Br)c(C)cc1Br. The average molecular weight is 462 g/mol. The molecule has 0 spiro atoms. The molecule has 0 radical (unpaired) electrons. The minimum atomic E-state index is 0.135. The van der Waals surface area contributed by atoms with Crippen molar-refractivity contribution in [3.8, 4) is 0 Å². The Balaban J connectivity index is 2.55. The number of benzene rings is 2. The van der Waals surface area contributed by atoms with E-state index in [0.717, 1.165) is 13.4 Å². The zero-order valence-corrected chi connectivity index (χ0v) is 16.4. The minimum Gasteiger partial charge on any atom is -0.309 e. The van der Waals surface area contributed by atoms with Crippen molar-refractivity contribution >= 4 is 47.8 Å². The van der Waals surface area contributed by atoms with Crippen molar-refractivity contribution in [3.05, 3.63) is 66.0 Å². The highest BCUT2D eigenvalue weighted by atomic mass is 79.9. The third-order valence-electron chi connectivity index (χ3n) is 3.34. The number of nitrogens with one attached hydrogen (secondary N) is 1. The first-order valence-corrected chi connectivity index (χ1v) is 8.70. The van der Waals surface area contributed by atoms with Crippen LogP contribution in [0.15, 0.2) is 43.7 Å². The maximum Gasteiger partial charge on any atom is 0.0596 e. The molecule has 2 aromatic rings. The number of hydrogen-bond acceptors (Lipinski definition) is 1. The van der Waals surface area contributed by atoms with Crippen LogP contribution in [0, 0.1) is 13.8 Å². The summed E-state index contributed by atoms with van der Waals surface area (Å²) in [5.41, 5.74) is 4.92. The van der Waals surface area contributed by atoms with E-state index in [-0.39, 0.29) is 6.04 Å². The zero-order chi connectivity index (χ0) is 14.9. The van der Waals surface area contributed by atoms with Crippen molar-refractivity contribution in [1.29, 1.82) is 0 Å². The van der Waals surface area contributed by atoms with Crippen molar-refractivity contribution in [2.24, 2.45) is 0 Å². The fourth-order valence-corrected chi connectivity index (χ4v) is 4.00. The highest BCUT2D eigenvalue weighted by molar-refractivity contribution is 9.11. The molecule has 0 saturated heterocycles. The molecular formula is C16H16Br3N. The lowest BCUT2D eigenvalue weighted by Crippen LogP contribution is -2.19. The summed E-state index contributed by atoms with van der Waals surface area (Å²) in [6.07, 6.45) is 0. The van der Waals surface area contributed by atoms with E-state index in [1.54, 1.807) is 0 Å². The highest BCUT2D eigenvalue weighted by Gasteiger charge is 2.18. The lowest BCUT2D eigenvalue weighted by Gasteiger charge is -2.21. The Morgan fingerprint density at radius 2 is 1.50 bits per heavy atom. The maximum absolute atomic E-state index is 3.68. The Bertz CT molecular complexity index is 638. The van der Waals surface area contributed by atoms with Crippen LogP contribution >= 0.6 is 47.8 Å². The van der Waals surface area contributed by atoms with Crippen molar-refractivity contribution in [3.63, 3.8) is 0 Å². The molecule has 0 aromatic heterocycles. The van der Waals surface area contributed by atoms with Gasteiger partial charge in [0.15, 0.2) is 0 Å². The van der Waals surface area contributed by atoms with Gasteiger partial charge in [0.2, 0.25) is 0 Å². The summed E-state index contributed by atoms with van der Waals surface area (Å²) in [6.45, 7) is 4.19. The van der Waals surface area contributed by atoms with Crippen LogP contribution in [0.25, 0.3) is 0 Å². The summed E-state index contributed by atoms with van der Waals surface area (Å²) >= 11 is 11.0. The van der Waals surface area contributed by atoms with Crippen LogP contribution in [0.4, 0.5) is 0 Å². The quantitative estimate of drug-likeness (QED) is 0.600. The van der Waals surface area contributed by atoms with Crippen molar-refractivity contribution in [1.82, 2.24) is 5.32 Å². The van der Waals surface area contributed by atoms with Crippen LogP contribution in [0.5, 0.6) is 0 Å². The van der Waals surface area contributed by atoms with E-state index >= 15 is 0 Å². The Kier molecular flexibility index (Phi) is 5.46. The predicted molar refractivity (Wildman–Crippen MR) is 96.4 cm³/mol. The van der Waals surface area contributed by atoms with Crippen molar-refractivity contribution in [2.75, 3.05) is 7.05 Å². The van der Waals surface area contributed by atoms with E-state index in [9.17, 15) is 0 Å². The van der Waals surface area contributed by atoms with Crippen LogP contribution in [0.1, 0.15) is 28.3 Å². The van der Waals surface area contributed by atoms with E-state index < -0.39 is 0 Å². The predicted octanol–water partition coefficient (Wildman–Crippen LogP) is 5.90. The van der Waals surface area contributed by atoms with Crippen LogP contribution in [-0.2, 0) is 0 Å². The topological polar surface area (TPSA) is 12.0 Å². The molecule has 20 heavy (non-hydrogen) atoms. The average Bonchev–Trinajstić information content (AvgIpc) is 2.38. The van der Waals surface area contributed by atoms with Crippen LogP contribution in [0.3, 0.4) is 0 Å². The Hall–Kier alpha value is -0.160. The first-order chi connectivity index (χ1) is 9.43. The second-order valence-corrected chi connectivity index (χ2v) is 7.43. The summed E-state index contributed by atoms with van der Waals surface area (Å²) < 4.78 is 3.37. The molecule has 2 rings (SSSR count). The van der Waals surface area contributed by atoms with Gasteiger partial charge >= 0.3 is 0 Å². The zero-order valence-electron chi connectivity index (χ0n) is 11.6. The summed E-state index contributed by atoms with van der Waals surface area (Å²) in [7, 11) is 1.98. The molecule has 106 valence electrons. The monoisotopic (exact) mass is 459 g/mol. The summed E-state index contributed by atoms with van der Waals surface area (Å²) in [5, 5.41) is 3.40. The number of rotatable bonds is 3. The molecule has 1 N–H and O–H groups in total. The van der Waals surface area contributed by atoms with Gasteiger partial charge in [-0.2, -0.15) is 0 Å². The molecule has 1 nitrogen and oxygen atoms in total. The van der Waals surface area contributed by atoms with Gasteiger partial charge in [0.05, 0.1) is 6.04 Å². The molecule has 0 fully saturated rings. The molecule has 1 unspecified atom stereocenters. The Morgan fingerprint density at radius 3 is 2.10 bits per heavy atom. The molecule has 0 heterocycles. The van der Waals surface area contributed by atoms with E-state index in [0.29, 0.717) is 0 Å². The minimum absolute atomic E-state index is 0.135. The van der Waals surface area contributed by atoms with Gasteiger partial charge in [0, 0.05) is 13.4 Å². The highest BCUT2D eigenvalue weighted by Crippen LogP contribution is 2.35. The summed E-state index contributed by atoms with van der Waals surface area (Å²) in [5.74, 6) is 0. The second kappa shape index (κ2) is 6.73. The normalized spacial score (nSPS) is 12.5. The van der Waals surface area contributed by atoms with E-state index in [1.165, 1.54) is 22.3 Å². The van der Waals surface area contributed by atoms with E-state index in [4.69, 9.17) is 0 Å². The maximum atomic E-state index is 3.68. The van der Waals surface area contributed by atoms with Gasteiger partial charge in [0.25, 0.3) is 0 Å². The van der Waals surface area contributed by atoms with Crippen molar-refractivity contribution in [2.45, 2.75) is 19.9 Å². The Labute approximate surface area is 145 Å². The molecular weight excluding hydrogens is 446 g/mol. The third-order valence-corrected chi connectivity index (χ3v) is 5.57. The van der Waals surface area contributed by atoms with Gasteiger partial charge < -0.3 is 5.32 Å². The number of aryl methyl sites for hydroxylation is 2. The smallest absolute Gasteiger partial charge is 0.0596 e. The largest absolute Gasteiger partial charge is 0.309 e. The van der Waals surface area contributed by atoms with Gasteiger partial charge in [0.1, 0.15) is 0 Å². The van der Waals surface area contributed by atoms with E-state index in [1.807, 2.05) is 7.05 Å². The molecule has 0 amide bonds. The molecule has 0 aliphatic rings. The fourth-order valence-electron chi connectivity index (χ4n) is 2.23. The van der Waals surface area contributed by atoms with Crippen LogP contribution < -0.4 is 5.32 Å². The van der Waals surface area contributed by atoms with Gasteiger partial charge in [-0.3, -0.25) is 0 Å². The van der Waals surface area contributed by atoms with Crippen molar-refractivity contribution < 1.29 is 0 Å². The number of hydrogen-bond donors (Lipinski definition) is 1. The second-order valence-electron chi connectivity index (χ2n) is 4.87.